The van der Waals surface area contributed by atoms with Crippen LogP contribution in [-0.2, 0) is 12.8 Å². The second-order valence-corrected chi connectivity index (χ2v) is 3.64. The third-order valence-electron chi connectivity index (χ3n) is 2.61. The second-order valence-electron chi connectivity index (χ2n) is 3.64. The molecule has 0 unspecified atom stereocenters. The van der Waals surface area contributed by atoms with Crippen LogP contribution in [-0.4, -0.2) is 0 Å². The van der Waals surface area contributed by atoms with Crippen LogP contribution < -0.4 is 0 Å². The van der Waals surface area contributed by atoms with Crippen LogP contribution in [0.2, 0.25) is 0 Å². The second kappa shape index (κ2) is 4.47. The van der Waals surface area contributed by atoms with Crippen molar-refractivity contribution in [3.8, 4) is 12.1 Å². The molecule has 0 heterocycles. The van der Waals surface area contributed by atoms with Crippen molar-refractivity contribution < 1.29 is 0 Å². The van der Waals surface area contributed by atoms with E-state index in [4.69, 9.17) is 10.5 Å². The van der Waals surface area contributed by atoms with Gasteiger partial charge in [-0.2, -0.15) is 10.5 Å². The molecule has 0 spiro atoms. The summed E-state index contributed by atoms with van der Waals surface area (Å²) in [5, 5.41) is 19.7. The molecule has 76 valence electrons. The van der Waals surface area contributed by atoms with E-state index in [1.54, 1.807) is 0 Å². The predicted octanol–water partition coefficient (Wildman–Crippen LogP) is 2.97. The van der Waals surface area contributed by atoms with Gasteiger partial charge in [-0.25, -0.2) is 0 Å². The zero-order valence-corrected chi connectivity index (χ0v) is 8.77. The van der Waals surface area contributed by atoms with Gasteiger partial charge in [-0.3, -0.25) is 0 Å². The fourth-order valence-electron chi connectivity index (χ4n) is 1.83. The van der Waals surface area contributed by atoms with Gasteiger partial charge in [0.2, 0.25) is 0 Å². The first-order chi connectivity index (χ1) is 7.85. The normalized spacial score (nSPS) is 9.62. The Balaban J connectivity index is 2.63. The monoisotopic (exact) mass is 206 g/mol. The first kappa shape index (κ1) is 10.2. The van der Waals surface area contributed by atoms with E-state index in [1.807, 2.05) is 36.4 Å². The molecule has 0 saturated carbocycles. The number of rotatable bonds is 2. The zero-order valence-electron chi connectivity index (χ0n) is 8.77. The molecule has 2 heteroatoms. The van der Waals surface area contributed by atoms with Crippen LogP contribution in [0.1, 0.15) is 11.1 Å². The summed E-state index contributed by atoms with van der Waals surface area (Å²) in [7, 11) is 0. The third-order valence-corrected chi connectivity index (χ3v) is 2.61. The van der Waals surface area contributed by atoms with Gasteiger partial charge in [0.25, 0.3) is 0 Å². The molecule has 0 amide bonds. The van der Waals surface area contributed by atoms with Crippen molar-refractivity contribution in [3.63, 3.8) is 0 Å². The highest BCUT2D eigenvalue weighted by Gasteiger charge is 2.04. The summed E-state index contributed by atoms with van der Waals surface area (Å²) in [5.74, 6) is 0. The van der Waals surface area contributed by atoms with E-state index in [1.165, 1.54) is 0 Å². The summed E-state index contributed by atoms with van der Waals surface area (Å²) in [6.45, 7) is 0. The van der Waals surface area contributed by atoms with E-state index in [0.717, 1.165) is 21.9 Å². The fraction of sp³-hybridized carbons (Fsp3) is 0.143. The molecular weight excluding hydrogens is 196 g/mol. The van der Waals surface area contributed by atoms with Crippen LogP contribution >= 0.6 is 0 Å². The molecule has 0 aliphatic carbocycles. The Bertz CT molecular complexity index is 546. The number of nitrogens with zero attached hydrogens (tertiary/aromatic N) is 2. The van der Waals surface area contributed by atoms with E-state index >= 15 is 0 Å². The van der Waals surface area contributed by atoms with Crippen molar-refractivity contribution in [1.29, 1.82) is 10.5 Å². The van der Waals surface area contributed by atoms with Crippen molar-refractivity contribution in [2.75, 3.05) is 0 Å². The third kappa shape index (κ3) is 1.87. The smallest absolute Gasteiger partial charge is 0.0669 e. The molecule has 0 bridgehead atoms. The summed E-state index contributed by atoms with van der Waals surface area (Å²) in [6.07, 6.45) is 0.726. The molecule has 16 heavy (non-hydrogen) atoms. The maximum absolute atomic E-state index is 8.75. The summed E-state index contributed by atoms with van der Waals surface area (Å²) < 4.78 is 0. The summed E-state index contributed by atoms with van der Waals surface area (Å²) in [5.41, 5.74) is 1.92. The molecule has 0 saturated heterocycles. The number of hydrogen-bond donors (Lipinski definition) is 0. The van der Waals surface area contributed by atoms with E-state index < -0.39 is 0 Å². The number of hydrogen-bond acceptors (Lipinski definition) is 2. The lowest BCUT2D eigenvalue weighted by Crippen LogP contribution is -1.92. The van der Waals surface area contributed by atoms with E-state index in [-0.39, 0.29) is 0 Å². The van der Waals surface area contributed by atoms with Crippen molar-refractivity contribution in [2.24, 2.45) is 0 Å². The molecule has 0 aliphatic rings. The van der Waals surface area contributed by atoms with Gasteiger partial charge in [-0.05, 0) is 34.0 Å². The number of fused-ring (bicyclic) bond motifs is 1. The van der Waals surface area contributed by atoms with E-state index in [0.29, 0.717) is 12.8 Å². The molecule has 0 radical (unpaired) electrons. The Morgan fingerprint density at radius 3 is 1.62 bits per heavy atom. The summed E-state index contributed by atoms with van der Waals surface area (Å²) in [4.78, 5) is 0. The van der Waals surface area contributed by atoms with Crippen LogP contribution in [0.5, 0.6) is 0 Å². The van der Waals surface area contributed by atoms with Crippen molar-refractivity contribution in [3.05, 3.63) is 47.5 Å². The van der Waals surface area contributed by atoms with Crippen LogP contribution in [0.3, 0.4) is 0 Å². The molecule has 2 rings (SSSR count). The highest BCUT2D eigenvalue weighted by atomic mass is 14.2. The van der Waals surface area contributed by atoms with Crippen molar-refractivity contribution in [2.45, 2.75) is 12.8 Å². The van der Waals surface area contributed by atoms with Crippen LogP contribution in [0, 0.1) is 22.7 Å². The lowest BCUT2D eigenvalue weighted by molar-refractivity contribution is 1.16. The maximum atomic E-state index is 8.75. The minimum Gasteiger partial charge on any atom is -0.198 e. The molecule has 0 atom stereocenters. The molecule has 2 aromatic carbocycles. The van der Waals surface area contributed by atoms with Crippen molar-refractivity contribution in [1.82, 2.24) is 0 Å². The summed E-state index contributed by atoms with van der Waals surface area (Å²) >= 11 is 0. The lowest BCUT2D eigenvalue weighted by atomic mass is 9.97. The number of nitriles is 2. The first-order valence-electron chi connectivity index (χ1n) is 5.09. The number of benzene rings is 2. The Kier molecular flexibility index (Phi) is 2.85. The quantitative estimate of drug-likeness (QED) is 0.758. The van der Waals surface area contributed by atoms with Gasteiger partial charge in [0.15, 0.2) is 0 Å². The molecule has 0 N–H and O–H groups in total. The molecular formula is C14H10N2. The Hall–Kier alpha value is -2.32. The first-order valence-corrected chi connectivity index (χ1v) is 5.09. The zero-order chi connectivity index (χ0) is 11.4. The van der Waals surface area contributed by atoms with Gasteiger partial charge in [-0.15, -0.1) is 0 Å². The van der Waals surface area contributed by atoms with Gasteiger partial charge < -0.3 is 0 Å². The highest BCUT2D eigenvalue weighted by Crippen LogP contribution is 2.20. The van der Waals surface area contributed by atoms with Crippen LogP contribution in [0.4, 0.5) is 0 Å². The average molecular weight is 206 g/mol. The molecule has 0 aromatic heterocycles. The summed E-state index contributed by atoms with van der Waals surface area (Å²) in [6, 6.07) is 16.3. The van der Waals surface area contributed by atoms with Gasteiger partial charge in [0.1, 0.15) is 0 Å². The minimum atomic E-state index is 0.363. The predicted molar refractivity (Wildman–Crippen MR) is 62.6 cm³/mol. The van der Waals surface area contributed by atoms with Gasteiger partial charge in [0, 0.05) is 0 Å². The topological polar surface area (TPSA) is 47.6 Å². The maximum Gasteiger partial charge on any atom is 0.0669 e. The van der Waals surface area contributed by atoms with Crippen LogP contribution in [0.25, 0.3) is 10.8 Å². The largest absolute Gasteiger partial charge is 0.198 e. The minimum absolute atomic E-state index is 0.363. The molecule has 0 aliphatic heterocycles. The molecule has 2 nitrogen and oxygen atoms in total. The van der Waals surface area contributed by atoms with E-state index in [9.17, 15) is 0 Å². The highest BCUT2D eigenvalue weighted by molar-refractivity contribution is 5.84. The van der Waals surface area contributed by atoms with E-state index in [2.05, 4.69) is 12.1 Å². The van der Waals surface area contributed by atoms with Gasteiger partial charge >= 0.3 is 0 Å². The molecule has 0 fully saturated rings. The van der Waals surface area contributed by atoms with Crippen LogP contribution in [0.15, 0.2) is 36.4 Å². The lowest BCUT2D eigenvalue weighted by Gasteiger charge is -2.06. The Morgan fingerprint density at radius 2 is 1.25 bits per heavy atom. The SMILES string of the molecule is N#CCc1cc2ccccc2cc1CC#N. The average Bonchev–Trinajstić information content (AvgIpc) is 2.30. The van der Waals surface area contributed by atoms with Gasteiger partial charge in [-0.1, -0.05) is 24.3 Å². The Labute approximate surface area is 94.4 Å². The Morgan fingerprint density at radius 1 is 0.812 bits per heavy atom. The standard InChI is InChI=1S/C14H10N2/c15-7-5-13-9-11-3-1-2-4-12(11)10-14(13)6-8-16/h1-4,9-10H,5-6H2. The molecule has 2 aromatic rings. The van der Waals surface area contributed by atoms with Crippen molar-refractivity contribution >= 4 is 10.8 Å². The van der Waals surface area contributed by atoms with Gasteiger partial charge in [0.05, 0.1) is 25.0 Å². The fourth-order valence-corrected chi connectivity index (χ4v) is 1.83.